The van der Waals surface area contributed by atoms with Gasteiger partial charge in [0.05, 0.1) is 12.2 Å². The molecule has 1 aliphatic heterocycles. The molecular weight excluding hydrogens is 260 g/mol. The maximum Gasteiger partial charge on any atom is 0.217 e. The van der Waals surface area contributed by atoms with Crippen LogP contribution in [0.25, 0.3) is 0 Å². The summed E-state index contributed by atoms with van der Waals surface area (Å²) in [6.45, 7) is 9.09. The Labute approximate surface area is 121 Å². The molecule has 3 N–H and O–H groups in total. The van der Waals surface area contributed by atoms with Gasteiger partial charge in [0.1, 0.15) is 11.8 Å². The van der Waals surface area contributed by atoms with E-state index in [0.717, 1.165) is 6.42 Å². The molecule has 0 aliphatic carbocycles. The summed E-state index contributed by atoms with van der Waals surface area (Å²) in [4.78, 5) is 11.3. The lowest BCUT2D eigenvalue weighted by molar-refractivity contribution is -0.284. The summed E-state index contributed by atoms with van der Waals surface area (Å²) in [5.74, 6) is -0.273. The number of aliphatic hydroxyl groups is 1. The van der Waals surface area contributed by atoms with E-state index in [4.69, 9.17) is 9.47 Å². The van der Waals surface area contributed by atoms with Crippen LogP contribution in [0.5, 0.6) is 0 Å². The molecule has 0 saturated carbocycles. The first kappa shape index (κ1) is 17.4. The summed E-state index contributed by atoms with van der Waals surface area (Å²) in [6.07, 6.45) is -0.689. The topological polar surface area (TPSA) is 79.8 Å². The van der Waals surface area contributed by atoms with E-state index in [2.05, 4.69) is 10.6 Å². The fourth-order valence-corrected chi connectivity index (χ4v) is 2.40. The van der Waals surface area contributed by atoms with Crippen molar-refractivity contribution in [2.75, 3.05) is 7.05 Å². The van der Waals surface area contributed by atoms with Crippen LogP contribution >= 0.6 is 0 Å². The number of carbonyl (C=O) groups excluding carboxylic acids is 1. The van der Waals surface area contributed by atoms with Crippen LogP contribution in [-0.2, 0) is 14.3 Å². The van der Waals surface area contributed by atoms with Crippen LogP contribution in [0.4, 0.5) is 0 Å². The predicted octanol–water partition coefficient (Wildman–Crippen LogP) is 0.595. The van der Waals surface area contributed by atoms with E-state index in [-0.39, 0.29) is 17.9 Å². The Balaban J connectivity index is 2.91. The lowest BCUT2D eigenvalue weighted by atomic mass is 9.88. The third-order valence-electron chi connectivity index (χ3n) is 3.88. The zero-order chi connectivity index (χ0) is 15.5. The molecule has 118 valence electrons. The van der Waals surface area contributed by atoms with Gasteiger partial charge in [-0.15, -0.1) is 0 Å². The maximum absolute atomic E-state index is 11.3. The fraction of sp³-hybridized carbons (Fsp3) is 0.929. The highest BCUT2D eigenvalue weighted by Gasteiger charge is 2.45. The van der Waals surface area contributed by atoms with Crippen molar-refractivity contribution >= 4 is 5.91 Å². The average molecular weight is 288 g/mol. The maximum atomic E-state index is 11.3. The molecule has 0 radical (unpaired) electrons. The normalized spacial score (nSPS) is 34.9. The molecule has 6 heteroatoms. The van der Waals surface area contributed by atoms with Gasteiger partial charge in [0.15, 0.2) is 6.29 Å². The summed E-state index contributed by atoms with van der Waals surface area (Å²) in [6, 6.07) is -0.571. The highest BCUT2D eigenvalue weighted by Crippen LogP contribution is 2.30. The lowest BCUT2D eigenvalue weighted by Crippen LogP contribution is -2.63. The first-order chi connectivity index (χ1) is 9.21. The van der Waals surface area contributed by atoms with Crippen molar-refractivity contribution in [3.63, 3.8) is 0 Å². The first-order valence-electron chi connectivity index (χ1n) is 7.19. The quantitative estimate of drug-likeness (QED) is 0.645. The number of carbonyl (C=O) groups is 1. The van der Waals surface area contributed by atoms with Crippen molar-refractivity contribution in [2.24, 2.45) is 5.92 Å². The Morgan fingerprint density at radius 1 is 1.45 bits per heavy atom. The number of aliphatic hydroxyl groups excluding tert-OH is 1. The molecule has 1 rings (SSSR count). The van der Waals surface area contributed by atoms with Crippen molar-refractivity contribution < 1.29 is 19.4 Å². The van der Waals surface area contributed by atoms with Crippen LogP contribution in [0.1, 0.15) is 41.0 Å². The lowest BCUT2D eigenvalue weighted by Gasteiger charge is -2.45. The number of nitrogens with one attached hydrogen (secondary N) is 2. The molecule has 0 spiro atoms. The molecule has 5 atom stereocenters. The first-order valence-corrected chi connectivity index (χ1v) is 7.19. The van der Waals surface area contributed by atoms with E-state index in [9.17, 15) is 9.90 Å². The Hall–Kier alpha value is -0.690. The van der Waals surface area contributed by atoms with Crippen molar-refractivity contribution in [2.45, 2.75) is 71.3 Å². The Morgan fingerprint density at radius 2 is 2.05 bits per heavy atom. The van der Waals surface area contributed by atoms with Gasteiger partial charge in [0, 0.05) is 12.8 Å². The Morgan fingerprint density at radius 3 is 2.50 bits per heavy atom. The molecule has 0 aromatic heterocycles. The zero-order valence-corrected chi connectivity index (χ0v) is 13.3. The van der Waals surface area contributed by atoms with Gasteiger partial charge in [0.25, 0.3) is 0 Å². The number of rotatable bonds is 5. The van der Waals surface area contributed by atoms with Crippen LogP contribution in [0.15, 0.2) is 0 Å². The van der Waals surface area contributed by atoms with E-state index < -0.39 is 24.2 Å². The van der Waals surface area contributed by atoms with Gasteiger partial charge in [-0.2, -0.15) is 0 Å². The van der Waals surface area contributed by atoms with Crippen LogP contribution in [-0.4, -0.2) is 48.3 Å². The average Bonchev–Trinajstić information content (AvgIpc) is 2.37. The largest absolute Gasteiger partial charge is 0.390 e. The second-order valence-electron chi connectivity index (χ2n) is 5.91. The molecule has 1 saturated heterocycles. The van der Waals surface area contributed by atoms with Gasteiger partial charge in [-0.05, 0) is 27.3 Å². The Kier molecular flexibility index (Phi) is 5.94. The summed E-state index contributed by atoms with van der Waals surface area (Å²) in [5, 5.41) is 16.2. The molecule has 3 unspecified atom stereocenters. The summed E-state index contributed by atoms with van der Waals surface area (Å²) >= 11 is 0. The third kappa shape index (κ3) is 4.15. The standard InChI is InChI=1S/C14H28N2O4/c1-7-10-8(2)12(18)11(16-9(3)17)13(19-10)20-14(4,5)15-6/h8,10-13,15,18H,7H2,1-6H3,(H,16,17)/t8-,10?,11?,12?,13-/m0/s1. The van der Waals surface area contributed by atoms with Crippen LogP contribution in [0.2, 0.25) is 0 Å². The molecule has 1 aliphatic rings. The smallest absolute Gasteiger partial charge is 0.217 e. The van der Waals surface area contributed by atoms with Gasteiger partial charge < -0.3 is 19.9 Å². The van der Waals surface area contributed by atoms with Crippen LogP contribution in [0.3, 0.4) is 0 Å². The minimum atomic E-state index is -0.699. The van der Waals surface area contributed by atoms with E-state index in [1.54, 1.807) is 7.05 Å². The van der Waals surface area contributed by atoms with Gasteiger partial charge in [-0.3, -0.25) is 10.1 Å². The number of hydrogen-bond acceptors (Lipinski definition) is 5. The van der Waals surface area contributed by atoms with Gasteiger partial charge in [-0.1, -0.05) is 13.8 Å². The monoisotopic (exact) mass is 288 g/mol. The molecule has 0 aromatic rings. The van der Waals surface area contributed by atoms with Crippen molar-refractivity contribution in [3.05, 3.63) is 0 Å². The fourth-order valence-electron chi connectivity index (χ4n) is 2.40. The minimum absolute atomic E-state index is 0.0607. The molecule has 20 heavy (non-hydrogen) atoms. The molecule has 1 heterocycles. The van der Waals surface area contributed by atoms with E-state index in [0.29, 0.717) is 0 Å². The highest BCUT2D eigenvalue weighted by molar-refractivity contribution is 5.73. The minimum Gasteiger partial charge on any atom is -0.390 e. The van der Waals surface area contributed by atoms with Crippen molar-refractivity contribution in [1.82, 2.24) is 10.6 Å². The molecule has 0 aromatic carbocycles. The van der Waals surface area contributed by atoms with E-state index in [1.165, 1.54) is 6.92 Å². The SMILES string of the molecule is CCC1O[C@@H](OC(C)(C)NC)C(NC(C)=O)C(O)[C@H]1C. The van der Waals surface area contributed by atoms with E-state index >= 15 is 0 Å². The zero-order valence-electron chi connectivity index (χ0n) is 13.3. The van der Waals surface area contributed by atoms with Gasteiger partial charge in [-0.25, -0.2) is 0 Å². The number of ether oxygens (including phenoxy) is 2. The van der Waals surface area contributed by atoms with Gasteiger partial charge >= 0.3 is 0 Å². The van der Waals surface area contributed by atoms with Crippen LogP contribution < -0.4 is 10.6 Å². The van der Waals surface area contributed by atoms with E-state index in [1.807, 2.05) is 27.7 Å². The molecular formula is C14H28N2O4. The number of amides is 1. The second-order valence-corrected chi connectivity index (χ2v) is 5.91. The summed E-state index contributed by atoms with van der Waals surface area (Å²) in [7, 11) is 1.78. The molecule has 6 nitrogen and oxygen atoms in total. The number of hydrogen-bond donors (Lipinski definition) is 3. The second kappa shape index (κ2) is 6.85. The molecule has 0 bridgehead atoms. The summed E-state index contributed by atoms with van der Waals surface area (Å²) in [5.41, 5.74) is -0.611. The van der Waals surface area contributed by atoms with Crippen molar-refractivity contribution in [3.8, 4) is 0 Å². The van der Waals surface area contributed by atoms with Crippen molar-refractivity contribution in [1.29, 1.82) is 0 Å². The molecule has 1 amide bonds. The highest BCUT2D eigenvalue weighted by atomic mass is 16.7. The third-order valence-corrected chi connectivity index (χ3v) is 3.88. The predicted molar refractivity (Wildman–Crippen MR) is 76.0 cm³/mol. The van der Waals surface area contributed by atoms with Gasteiger partial charge in [0.2, 0.25) is 5.91 Å². The summed E-state index contributed by atoms with van der Waals surface area (Å²) < 4.78 is 11.8. The van der Waals surface area contributed by atoms with Crippen LogP contribution in [0, 0.1) is 5.92 Å². The molecule has 1 fully saturated rings. The Bertz CT molecular complexity index is 335.